The van der Waals surface area contributed by atoms with Gasteiger partial charge in [0.1, 0.15) is 0 Å². The molecule has 0 amide bonds. The summed E-state index contributed by atoms with van der Waals surface area (Å²) in [4.78, 5) is 0. The molecule has 16 heavy (non-hydrogen) atoms. The first-order valence-corrected chi connectivity index (χ1v) is 5.01. The Bertz CT molecular complexity index is 377. The predicted octanol–water partition coefficient (Wildman–Crippen LogP) is 1.12. The molecular formula is C12H17NO3. The van der Waals surface area contributed by atoms with Crippen LogP contribution in [0.25, 0.3) is 0 Å². The van der Waals surface area contributed by atoms with Crippen molar-refractivity contribution < 1.29 is 14.9 Å². The van der Waals surface area contributed by atoms with Gasteiger partial charge in [0.05, 0.1) is 19.8 Å². The number of ether oxygens (including phenoxy) is 1. The molecular weight excluding hydrogens is 206 g/mol. The number of benzene rings is 1. The average Bonchev–Trinajstić information content (AvgIpc) is 2.30. The number of aromatic hydroxyl groups is 1. The second-order valence-electron chi connectivity index (χ2n) is 3.50. The minimum absolute atomic E-state index is 0.0224. The number of allylic oxidation sites excluding steroid dienone is 1. The summed E-state index contributed by atoms with van der Waals surface area (Å²) in [6, 6.07) is 2.73. The fourth-order valence-corrected chi connectivity index (χ4v) is 1.57. The van der Waals surface area contributed by atoms with Crippen LogP contribution in [-0.4, -0.2) is 23.9 Å². The van der Waals surface area contributed by atoms with Gasteiger partial charge in [-0.2, -0.15) is 0 Å². The van der Waals surface area contributed by atoms with E-state index in [1.165, 1.54) is 13.2 Å². The maximum atomic E-state index is 9.64. The molecule has 1 atom stereocenters. The van der Waals surface area contributed by atoms with Crippen LogP contribution in [0.2, 0.25) is 0 Å². The molecule has 88 valence electrons. The van der Waals surface area contributed by atoms with Crippen LogP contribution in [0.4, 0.5) is 0 Å². The molecule has 0 saturated carbocycles. The highest BCUT2D eigenvalue weighted by atomic mass is 16.5. The van der Waals surface area contributed by atoms with Crippen molar-refractivity contribution in [1.82, 2.24) is 0 Å². The lowest BCUT2D eigenvalue weighted by atomic mass is 9.98. The van der Waals surface area contributed by atoms with Crippen molar-refractivity contribution in [3.63, 3.8) is 0 Å². The van der Waals surface area contributed by atoms with Crippen molar-refractivity contribution in [2.75, 3.05) is 13.7 Å². The van der Waals surface area contributed by atoms with Crippen molar-refractivity contribution in [3.8, 4) is 11.5 Å². The first-order valence-electron chi connectivity index (χ1n) is 5.01. The van der Waals surface area contributed by atoms with Crippen molar-refractivity contribution in [2.45, 2.75) is 12.5 Å². The zero-order chi connectivity index (χ0) is 12.1. The van der Waals surface area contributed by atoms with Crippen LogP contribution in [0.5, 0.6) is 11.5 Å². The highest BCUT2D eigenvalue weighted by Gasteiger charge is 2.14. The molecule has 0 heterocycles. The lowest BCUT2D eigenvalue weighted by Crippen LogP contribution is -2.16. The third kappa shape index (κ3) is 2.53. The Morgan fingerprint density at radius 3 is 2.75 bits per heavy atom. The van der Waals surface area contributed by atoms with Crippen LogP contribution in [0.1, 0.15) is 17.2 Å². The number of nitrogens with two attached hydrogens (primary N) is 1. The van der Waals surface area contributed by atoms with Crippen molar-refractivity contribution >= 4 is 0 Å². The summed E-state index contributed by atoms with van der Waals surface area (Å²) in [6.45, 7) is 3.48. The van der Waals surface area contributed by atoms with E-state index in [1.807, 2.05) is 0 Å². The van der Waals surface area contributed by atoms with E-state index >= 15 is 0 Å². The molecule has 0 unspecified atom stereocenters. The van der Waals surface area contributed by atoms with Gasteiger partial charge in [0, 0.05) is 0 Å². The van der Waals surface area contributed by atoms with E-state index in [-0.39, 0.29) is 12.4 Å². The van der Waals surface area contributed by atoms with E-state index in [0.717, 1.165) is 5.56 Å². The summed E-state index contributed by atoms with van der Waals surface area (Å²) in [6.07, 6.45) is 2.35. The van der Waals surface area contributed by atoms with Crippen molar-refractivity contribution in [2.24, 2.45) is 5.73 Å². The molecule has 4 N–H and O–H groups in total. The highest BCUT2D eigenvalue weighted by molar-refractivity contribution is 5.48. The fourth-order valence-electron chi connectivity index (χ4n) is 1.57. The Kier molecular flexibility index (Phi) is 4.34. The standard InChI is InChI=1S/C12H17NO3/c1-3-4-8-5-12(16-2)11(15)6-9(8)10(13)7-14/h3,5-6,10,14-15H,1,4,7,13H2,2H3/t10-/m0/s1. The zero-order valence-electron chi connectivity index (χ0n) is 9.31. The molecule has 0 aliphatic carbocycles. The summed E-state index contributed by atoms with van der Waals surface area (Å²) in [7, 11) is 1.48. The first-order chi connectivity index (χ1) is 7.63. The maximum Gasteiger partial charge on any atom is 0.160 e. The number of rotatable bonds is 5. The minimum atomic E-state index is -0.508. The highest BCUT2D eigenvalue weighted by Crippen LogP contribution is 2.32. The molecule has 4 nitrogen and oxygen atoms in total. The third-order valence-corrected chi connectivity index (χ3v) is 2.40. The summed E-state index contributed by atoms with van der Waals surface area (Å²) in [5, 5.41) is 18.7. The van der Waals surface area contributed by atoms with Gasteiger partial charge in [0.2, 0.25) is 0 Å². The van der Waals surface area contributed by atoms with E-state index in [2.05, 4.69) is 6.58 Å². The van der Waals surface area contributed by atoms with E-state index in [9.17, 15) is 5.11 Å². The summed E-state index contributed by atoms with van der Waals surface area (Å²) in [5.41, 5.74) is 7.35. The van der Waals surface area contributed by atoms with Crippen LogP contribution >= 0.6 is 0 Å². The third-order valence-electron chi connectivity index (χ3n) is 2.40. The van der Waals surface area contributed by atoms with Gasteiger partial charge in [-0.05, 0) is 29.7 Å². The molecule has 4 heteroatoms. The monoisotopic (exact) mass is 223 g/mol. The number of phenolic OH excluding ortho intramolecular Hbond substituents is 1. The van der Waals surface area contributed by atoms with Gasteiger partial charge in [-0.3, -0.25) is 0 Å². The number of aliphatic hydroxyl groups is 1. The van der Waals surface area contributed by atoms with Gasteiger partial charge >= 0.3 is 0 Å². The van der Waals surface area contributed by atoms with E-state index in [0.29, 0.717) is 17.7 Å². The first kappa shape index (κ1) is 12.5. The van der Waals surface area contributed by atoms with Crippen LogP contribution in [-0.2, 0) is 6.42 Å². The van der Waals surface area contributed by atoms with E-state index in [1.54, 1.807) is 12.1 Å². The van der Waals surface area contributed by atoms with E-state index in [4.69, 9.17) is 15.6 Å². The number of methoxy groups -OCH3 is 1. The molecule has 1 rings (SSSR count). The van der Waals surface area contributed by atoms with Crippen molar-refractivity contribution in [3.05, 3.63) is 35.9 Å². The number of hydrogen-bond donors (Lipinski definition) is 3. The van der Waals surface area contributed by atoms with Gasteiger partial charge in [-0.15, -0.1) is 6.58 Å². The van der Waals surface area contributed by atoms with Gasteiger partial charge in [-0.1, -0.05) is 6.08 Å². The molecule has 0 saturated heterocycles. The Hall–Kier alpha value is -1.52. The molecule has 1 aromatic rings. The Labute approximate surface area is 95.0 Å². The quantitative estimate of drug-likeness (QED) is 0.654. The van der Waals surface area contributed by atoms with E-state index < -0.39 is 6.04 Å². The fraction of sp³-hybridized carbons (Fsp3) is 0.333. The maximum absolute atomic E-state index is 9.64. The molecule has 1 aromatic carbocycles. The van der Waals surface area contributed by atoms with Gasteiger partial charge < -0.3 is 20.7 Å². The molecule has 0 fully saturated rings. The average molecular weight is 223 g/mol. The Morgan fingerprint density at radius 1 is 1.56 bits per heavy atom. The summed E-state index contributed by atoms with van der Waals surface area (Å²) in [5.74, 6) is 0.417. The SMILES string of the molecule is C=CCc1cc(OC)c(O)cc1[C@@H](N)CO. The van der Waals surface area contributed by atoms with Crippen molar-refractivity contribution in [1.29, 1.82) is 0 Å². The largest absolute Gasteiger partial charge is 0.504 e. The Morgan fingerprint density at radius 2 is 2.25 bits per heavy atom. The molecule has 0 aromatic heterocycles. The lowest BCUT2D eigenvalue weighted by Gasteiger charge is -2.16. The van der Waals surface area contributed by atoms with Crippen LogP contribution in [0.15, 0.2) is 24.8 Å². The Balaban J connectivity index is 3.23. The molecule has 0 radical (unpaired) electrons. The summed E-state index contributed by atoms with van der Waals surface area (Å²) >= 11 is 0. The predicted molar refractivity (Wildman–Crippen MR) is 62.6 cm³/mol. The number of aliphatic hydroxyl groups excluding tert-OH is 1. The topological polar surface area (TPSA) is 75.7 Å². The molecule has 0 aliphatic heterocycles. The number of hydrogen-bond acceptors (Lipinski definition) is 4. The number of phenols is 1. The lowest BCUT2D eigenvalue weighted by molar-refractivity contribution is 0.267. The molecule has 0 aliphatic rings. The molecule has 0 bridgehead atoms. The van der Waals surface area contributed by atoms with Crippen LogP contribution in [0.3, 0.4) is 0 Å². The smallest absolute Gasteiger partial charge is 0.160 e. The normalized spacial score (nSPS) is 12.2. The molecule has 0 spiro atoms. The second kappa shape index (κ2) is 5.53. The zero-order valence-corrected chi connectivity index (χ0v) is 9.31. The van der Waals surface area contributed by atoms with Crippen LogP contribution in [0, 0.1) is 0 Å². The second-order valence-corrected chi connectivity index (χ2v) is 3.50. The van der Waals surface area contributed by atoms with Gasteiger partial charge in [0.15, 0.2) is 11.5 Å². The minimum Gasteiger partial charge on any atom is -0.504 e. The van der Waals surface area contributed by atoms with Gasteiger partial charge in [-0.25, -0.2) is 0 Å². The van der Waals surface area contributed by atoms with Gasteiger partial charge in [0.25, 0.3) is 0 Å². The van der Waals surface area contributed by atoms with Crippen LogP contribution < -0.4 is 10.5 Å². The summed E-state index contributed by atoms with van der Waals surface area (Å²) < 4.78 is 5.01.